The maximum atomic E-state index is 11.3. The smallest absolute Gasteiger partial charge is 0.294 e. The minimum Gasteiger partial charge on any atom is -0.473 e. The number of piperazine rings is 1. The number of nitro groups is 1. The molecule has 2 aromatic carbocycles. The molecule has 1 aromatic heterocycles. The van der Waals surface area contributed by atoms with Crippen LogP contribution in [0.4, 0.5) is 11.4 Å². The van der Waals surface area contributed by atoms with Gasteiger partial charge in [0.1, 0.15) is 12.3 Å². The second-order valence-corrected chi connectivity index (χ2v) is 7.29. The lowest BCUT2D eigenvalue weighted by atomic mass is 10.2. The van der Waals surface area contributed by atoms with E-state index >= 15 is 0 Å². The fourth-order valence-corrected chi connectivity index (χ4v) is 3.61. The van der Waals surface area contributed by atoms with Crippen molar-refractivity contribution < 1.29 is 14.3 Å². The number of nitro benzene ring substituents is 1. The number of hydrogen-bond donors (Lipinski definition) is 0. The zero-order valence-electron chi connectivity index (χ0n) is 16.1. The van der Waals surface area contributed by atoms with Crippen LogP contribution in [0.1, 0.15) is 0 Å². The lowest BCUT2D eigenvalue weighted by Gasteiger charge is -2.35. The number of benzene rings is 2. The van der Waals surface area contributed by atoms with E-state index in [1.807, 2.05) is 35.2 Å². The Labute approximate surface area is 177 Å². The number of rotatable bonds is 7. The monoisotopic (exact) mass is 429 g/mol. The van der Waals surface area contributed by atoms with E-state index < -0.39 is 4.92 Å². The Kier molecular flexibility index (Phi) is 6.10. The van der Waals surface area contributed by atoms with Crippen molar-refractivity contribution in [3.05, 3.63) is 63.7 Å². The van der Waals surface area contributed by atoms with Crippen LogP contribution in [0.2, 0.25) is 5.02 Å². The maximum Gasteiger partial charge on any atom is 0.294 e. The van der Waals surface area contributed by atoms with Crippen molar-refractivity contribution in [1.29, 1.82) is 0 Å². The topological polar surface area (TPSA) is 97.8 Å². The number of aromatic nitrogens is 2. The lowest BCUT2D eigenvalue weighted by molar-refractivity contribution is -0.384. The molecular weight excluding hydrogens is 410 g/mol. The first kappa shape index (κ1) is 20.1. The van der Waals surface area contributed by atoms with Crippen LogP contribution >= 0.6 is 11.6 Å². The molecule has 0 saturated carbocycles. The van der Waals surface area contributed by atoms with E-state index in [-0.39, 0.29) is 5.69 Å². The zero-order chi connectivity index (χ0) is 20.9. The van der Waals surface area contributed by atoms with Gasteiger partial charge in [0.05, 0.1) is 4.92 Å². The number of halogens is 1. The molecule has 1 fully saturated rings. The van der Waals surface area contributed by atoms with Crippen LogP contribution in [0, 0.1) is 10.1 Å². The van der Waals surface area contributed by atoms with Crippen LogP contribution in [0.3, 0.4) is 0 Å². The van der Waals surface area contributed by atoms with Gasteiger partial charge in [-0.1, -0.05) is 41.9 Å². The van der Waals surface area contributed by atoms with Gasteiger partial charge in [0.2, 0.25) is 0 Å². The highest BCUT2D eigenvalue weighted by Crippen LogP contribution is 2.31. The zero-order valence-corrected chi connectivity index (χ0v) is 16.9. The van der Waals surface area contributed by atoms with E-state index in [9.17, 15) is 10.1 Å². The molecule has 1 aliphatic rings. The summed E-state index contributed by atoms with van der Waals surface area (Å²) in [6.07, 6.45) is 0. The van der Waals surface area contributed by atoms with Gasteiger partial charge in [-0.25, -0.2) is 4.63 Å². The van der Waals surface area contributed by atoms with Crippen LogP contribution in [-0.4, -0.2) is 59.5 Å². The van der Waals surface area contributed by atoms with Gasteiger partial charge in [0.15, 0.2) is 5.69 Å². The maximum absolute atomic E-state index is 11.3. The van der Waals surface area contributed by atoms with Gasteiger partial charge in [-0.2, -0.15) is 0 Å². The highest BCUT2D eigenvalue weighted by molar-refractivity contribution is 6.30. The first-order valence-electron chi connectivity index (χ1n) is 9.54. The van der Waals surface area contributed by atoms with Gasteiger partial charge in [0, 0.05) is 49.4 Å². The molecular formula is C20H20ClN5O4. The third-order valence-corrected chi connectivity index (χ3v) is 5.23. The Morgan fingerprint density at radius 3 is 2.60 bits per heavy atom. The molecule has 3 aromatic rings. The average Bonchev–Trinajstić information content (AvgIpc) is 3.23. The summed E-state index contributed by atoms with van der Waals surface area (Å²) in [5.41, 5.74) is 2.09. The van der Waals surface area contributed by atoms with Gasteiger partial charge >= 0.3 is 0 Å². The molecule has 0 atom stereocenters. The van der Waals surface area contributed by atoms with Crippen LogP contribution in [-0.2, 0) is 0 Å². The minimum absolute atomic E-state index is 0.0336. The Balaban J connectivity index is 1.30. The molecule has 0 unspecified atom stereocenters. The Hall–Kier alpha value is -3.17. The van der Waals surface area contributed by atoms with E-state index in [1.54, 1.807) is 12.1 Å². The molecule has 10 heteroatoms. The number of hydrogen-bond acceptors (Lipinski definition) is 8. The molecule has 4 rings (SSSR count). The van der Waals surface area contributed by atoms with Gasteiger partial charge in [-0.05, 0) is 22.4 Å². The van der Waals surface area contributed by atoms with Crippen molar-refractivity contribution in [1.82, 2.24) is 15.2 Å². The fourth-order valence-electron chi connectivity index (χ4n) is 3.44. The van der Waals surface area contributed by atoms with Gasteiger partial charge < -0.3 is 9.64 Å². The summed E-state index contributed by atoms with van der Waals surface area (Å²) in [7, 11) is 0. The summed E-state index contributed by atoms with van der Waals surface area (Å²) in [6, 6.07) is 14.4. The quantitative estimate of drug-likeness (QED) is 0.415. The summed E-state index contributed by atoms with van der Waals surface area (Å²) in [4.78, 5) is 15.2. The molecule has 0 bridgehead atoms. The summed E-state index contributed by atoms with van der Waals surface area (Å²) in [6.45, 7) is 4.05. The van der Waals surface area contributed by atoms with E-state index in [0.717, 1.165) is 18.7 Å². The van der Waals surface area contributed by atoms with Crippen LogP contribution < -0.4 is 9.64 Å². The Morgan fingerprint density at radius 1 is 1.10 bits per heavy atom. The minimum atomic E-state index is -0.391. The average molecular weight is 430 g/mol. The molecule has 30 heavy (non-hydrogen) atoms. The summed E-state index contributed by atoms with van der Waals surface area (Å²) in [5.74, 6) is 0.372. The molecule has 1 saturated heterocycles. The van der Waals surface area contributed by atoms with Crippen molar-refractivity contribution in [2.24, 2.45) is 0 Å². The molecule has 1 aliphatic heterocycles. The van der Waals surface area contributed by atoms with Crippen molar-refractivity contribution in [2.45, 2.75) is 0 Å². The normalized spacial score (nSPS) is 14.6. The lowest BCUT2D eigenvalue weighted by Crippen LogP contribution is -2.47. The highest BCUT2D eigenvalue weighted by atomic mass is 35.5. The van der Waals surface area contributed by atoms with Gasteiger partial charge in [-0.15, -0.1) is 0 Å². The molecule has 2 heterocycles. The van der Waals surface area contributed by atoms with Crippen molar-refractivity contribution in [3.8, 4) is 17.1 Å². The SMILES string of the molecule is O=[N+]([O-])c1cc(Cl)ccc1N1CCN(CCOc2nonc2-c2ccccc2)CC1. The molecule has 0 aliphatic carbocycles. The standard InChI is InChI=1S/C20H20ClN5O4/c21-16-6-7-17(18(14-16)26(27)28)25-10-8-24(9-11-25)12-13-29-20-19(22-30-23-20)15-4-2-1-3-5-15/h1-7,14H,8-13H2. The number of ether oxygens (including phenoxy) is 1. The predicted octanol–water partition coefficient (Wildman–Crippen LogP) is 3.50. The number of anilines is 1. The highest BCUT2D eigenvalue weighted by Gasteiger charge is 2.24. The van der Waals surface area contributed by atoms with Crippen LogP contribution in [0.25, 0.3) is 11.3 Å². The van der Waals surface area contributed by atoms with Crippen LogP contribution in [0.15, 0.2) is 53.2 Å². The largest absolute Gasteiger partial charge is 0.473 e. The second-order valence-electron chi connectivity index (χ2n) is 6.85. The molecule has 156 valence electrons. The summed E-state index contributed by atoms with van der Waals surface area (Å²) in [5, 5.41) is 19.5. The Morgan fingerprint density at radius 2 is 1.87 bits per heavy atom. The van der Waals surface area contributed by atoms with Gasteiger partial charge in [-0.3, -0.25) is 15.0 Å². The molecule has 0 amide bonds. The first-order valence-corrected chi connectivity index (χ1v) is 9.91. The van der Waals surface area contributed by atoms with Crippen molar-refractivity contribution >= 4 is 23.0 Å². The van der Waals surface area contributed by atoms with E-state index in [1.165, 1.54) is 6.07 Å². The third-order valence-electron chi connectivity index (χ3n) is 5.00. The second kappa shape index (κ2) is 9.10. The number of nitrogens with zero attached hydrogens (tertiary/aromatic N) is 5. The molecule has 9 nitrogen and oxygen atoms in total. The van der Waals surface area contributed by atoms with E-state index in [2.05, 4.69) is 15.2 Å². The predicted molar refractivity (Wildman–Crippen MR) is 112 cm³/mol. The van der Waals surface area contributed by atoms with Crippen molar-refractivity contribution in [3.63, 3.8) is 0 Å². The summed E-state index contributed by atoms with van der Waals surface area (Å²) < 4.78 is 10.6. The molecule has 0 spiro atoms. The Bertz CT molecular complexity index is 1010. The van der Waals surface area contributed by atoms with Crippen LogP contribution in [0.5, 0.6) is 5.88 Å². The van der Waals surface area contributed by atoms with E-state index in [0.29, 0.717) is 48.5 Å². The van der Waals surface area contributed by atoms with E-state index in [4.69, 9.17) is 21.0 Å². The fraction of sp³-hybridized carbons (Fsp3) is 0.300. The van der Waals surface area contributed by atoms with Crippen molar-refractivity contribution in [2.75, 3.05) is 44.2 Å². The summed E-state index contributed by atoms with van der Waals surface area (Å²) >= 11 is 5.91. The van der Waals surface area contributed by atoms with Gasteiger partial charge in [0.25, 0.3) is 11.6 Å². The third kappa shape index (κ3) is 4.52. The molecule has 0 N–H and O–H groups in total. The molecule has 0 radical (unpaired) electrons. The first-order chi connectivity index (χ1) is 14.6.